The van der Waals surface area contributed by atoms with Gasteiger partial charge in [0.1, 0.15) is 0 Å². The number of nitrogens with one attached hydrogen (secondary N) is 1. The smallest absolute Gasteiger partial charge is 0.230 e. The molecule has 0 aromatic heterocycles. The number of rotatable bonds is 6. The molecule has 0 spiro atoms. The lowest BCUT2D eigenvalue weighted by molar-refractivity contribution is -0.120. The lowest BCUT2D eigenvalue weighted by Crippen LogP contribution is -2.54. The van der Waals surface area contributed by atoms with E-state index in [9.17, 15) is 9.59 Å². The van der Waals surface area contributed by atoms with Crippen molar-refractivity contribution >= 4 is 35.9 Å². The van der Waals surface area contributed by atoms with Crippen molar-refractivity contribution in [3.05, 3.63) is 35.9 Å². The van der Waals surface area contributed by atoms with Crippen molar-refractivity contribution in [3.63, 3.8) is 0 Å². The van der Waals surface area contributed by atoms with Crippen LogP contribution in [0.5, 0.6) is 0 Å². The predicted octanol–water partition coefficient (Wildman–Crippen LogP) is 3.05. The van der Waals surface area contributed by atoms with E-state index in [0.29, 0.717) is 34.9 Å². The minimum absolute atomic E-state index is 0. The topological polar surface area (TPSA) is 72.2 Å². The molecule has 0 aliphatic heterocycles. The fraction of sp³-hybridized carbons (Fsp3) is 0.579. The minimum Gasteiger partial charge on any atom is -0.352 e. The maximum atomic E-state index is 12.3. The normalized spacial score (nSPS) is 27.9. The van der Waals surface area contributed by atoms with E-state index < -0.39 is 0 Å². The summed E-state index contributed by atoms with van der Waals surface area (Å²) >= 11 is 1.40. The van der Waals surface area contributed by atoms with Crippen LogP contribution in [0.4, 0.5) is 0 Å². The summed E-state index contributed by atoms with van der Waals surface area (Å²) < 4.78 is 0. The second-order valence-electron chi connectivity index (χ2n) is 7.06. The summed E-state index contributed by atoms with van der Waals surface area (Å²) in [5, 5.41) is 3.23. The van der Waals surface area contributed by atoms with Crippen LogP contribution >= 0.6 is 24.2 Å². The van der Waals surface area contributed by atoms with Crippen LogP contribution in [0.25, 0.3) is 0 Å². The Labute approximate surface area is 160 Å². The third kappa shape index (κ3) is 5.47. The van der Waals surface area contributed by atoms with E-state index in [1.165, 1.54) is 31.0 Å². The Morgan fingerprint density at radius 2 is 1.72 bits per heavy atom. The van der Waals surface area contributed by atoms with Gasteiger partial charge in [0.2, 0.25) is 5.91 Å². The van der Waals surface area contributed by atoms with Gasteiger partial charge >= 0.3 is 0 Å². The third-order valence-electron chi connectivity index (χ3n) is 5.27. The molecule has 0 saturated heterocycles. The molecule has 2 unspecified atom stereocenters. The van der Waals surface area contributed by atoms with E-state index in [2.05, 4.69) is 5.32 Å². The Hall–Kier alpha value is -1.04. The third-order valence-corrected chi connectivity index (χ3v) is 6.20. The molecular formula is C19H27ClN2O2S. The number of benzene rings is 1. The van der Waals surface area contributed by atoms with Gasteiger partial charge in [-0.3, -0.25) is 9.59 Å². The number of amides is 1. The molecule has 2 aliphatic rings. The molecule has 4 nitrogen and oxygen atoms in total. The van der Waals surface area contributed by atoms with Gasteiger partial charge in [-0.2, -0.15) is 0 Å². The molecule has 138 valence electrons. The number of ketones is 1. The molecular weight excluding hydrogens is 356 g/mol. The maximum Gasteiger partial charge on any atom is 0.230 e. The molecule has 2 atom stereocenters. The van der Waals surface area contributed by atoms with E-state index in [4.69, 9.17) is 5.73 Å². The van der Waals surface area contributed by atoms with Crippen LogP contribution in [0, 0.1) is 11.8 Å². The number of carbonyl (C=O) groups excluding carboxylic acids is 2. The summed E-state index contributed by atoms with van der Waals surface area (Å²) in [5.74, 6) is 1.90. The molecule has 0 radical (unpaired) electrons. The van der Waals surface area contributed by atoms with Gasteiger partial charge < -0.3 is 11.1 Å². The molecule has 6 heteroatoms. The minimum atomic E-state index is 0. The van der Waals surface area contributed by atoms with Crippen molar-refractivity contribution in [2.45, 2.75) is 44.2 Å². The van der Waals surface area contributed by atoms with Gasteiger partial charge in [-0.25, -0.2) is 0 Å². The zero-order chi connectivity index (χ0) is 16.9. The highest BCUT2D eigenvalue weighted by Gasteiger charge is 2.39. The highest BCUT2D eigenvalue weighted by atomic mass is 35.5. The first-order chi connectivity index (χ1) is 11.6. The Morgan fingerprint density at radius 3 is 2.36 bits per heavy atom. The van der Waals surface area contributed by atoms with Gasteiger partial charge in [-0.05, 0) is 37.5 Å². The number of Topliss-reactive ketones (excluding diaryl/α,β-unsaturated/α-hetero) is 1. The summed E-state index contributed by atoms with van der Waals surface area (Å²) in [7, 11) is 0. The standard InChI is InChI=1S/C19H26N2O2S.ClH/c20-16-9-14-7-4-8-15(10-16)19(14)21-18(23)12-24-11-17(22)13-5-2-1-3-6-13;/h1-3,5-6,14-16,19H,4,7-12,20H2,(H,21,23);1H. The van der Waals surface area contributed by atoms with Crippen molar-refractivity contribution in [2.24, 2.45) is 17.6 Å². The van der Waals surface area contributed by atoms with Gasteiger partial charge in [0.15, 0.2) is 5.78 Å². The monoisotopic (exact) mass is 382 g/mol. The summed E-state index contributed by atoms with van der Waals surface area (Å²) in [4.78, 5) is 24.3. The van der Waals surface area contributed by atoms with Gasteiger partial charge in [-0.15, -0.1) is 24.2 Å². The van der Waals surface area contributed by atoms with E-state index in [-0.39, 0.29) is 30.1 Å². The maximum absolute atomic E-state index is 12.3. The second kappa shape index (κ2) is 9.60. The van der Waals surface area contributed by atoms with Crippen molar-refractivity contribution < 1.29 is 9.59 Å². The Bertz CT molecular complexity index is 570. The zero-order valence-corrected chi connectivity index (χ0v) is 16.0. The average Bonchev–Trinajstić information content (AvgIpc) is 2.56. The van der Waals surface area contributed by atoms with Gasteiger partial charge in [0.05, 0.1) is 11.5 Å². The van der Waals surface area contributed by atoms with Crippen LogP contribution in [-0.4, -0.2) is 35.3 Å². The van der Waals surface area contributed by atoms with E-state index in [1.807, 2.05) is 30.3 Å². The van der Waals surface area contributed by atoms with E-state index in [1.54, 1.807) is 0 Å². The first kappa shape index (κ1) is 20.3. The summed E-state index contributed by atoms with van der Waals surface area (Å²) in [6.07, 6.45) is 5.67. The molecule has 3 N–H and O–H groups in total. The number of hydrogen-bond acceptors (Lipinski definition) is 4. The molecule has 2 bridgehead atoms. The van der Waals surface area contributed by atoms with Crippen LogP contribution < -0.4 is 11.1 Å². The molecule has 2 saturated carbocycles. The predicted molar refractivity (Wildman–Crippen MR) is 105 cm³/mol. The van der Waals surface area contributed by atoms with Gasteiger partial charge in [0.25, 0.3) is 0 Å². The number of halogens is 1. The molecule has 2 fully saturated rings. The van der Waals surface area contributed by atoms with Crippen LogP contribution in [0.2, 0.25) is 0 Å². The Morgan fingerprint density at radius 1 is 1.08 bits per heavy atom. The largest absolute Gasteiger partial charge is 0.352 e. The zero-order valence-electron chi connectivity index (χ0n) is 14.4. The van der Waals surface area contributed by atoms with E-state index >= 15 is 0 Å². The van der Waals surface area contributed by atoms with Crippen LogP contribution in [-0.2, 0) is 4.79 Å². The SMILES string of the molecule is Cl.NC1CC2CCCC(C1)C2NC(=O)CSCC(=O)c1ccccc1. The molecule has 3 rings (SSSR count). The van der Waals surface area contributed by atoms with Crippen LogP contribution in [0.1, 0.15) is 42.5 Å². The first-order valence-electron chi connectivity index (χ1n) is 8.84. The lowest BCUT2D eigenvalue weighted by Gasteiger charge is -2.45. The Kier molecular flexibility index (Phi) is 7.79. The molecule has 25 heavy (non-hydrogen) atoms. The van der Waals surface area contributed by atoms with Crippen molar-refractivity contribution in [1.82, 2.24) is 5.32 Å². The van der Waals surface area contributed by atoms with E-state index in [0.717, 1.165) is 12.8 Å². The van der Waals surface area contributed by atoms with Gasteiger partial charge in [0, 0.05) is 17.6 Å². The highest BCUT2D eigenvalue weighted by molar-refractivity contribution is 8.00. The van der Waals surface area contributed by atoms with Crippen molar-refractivity contribution in [1.29, 1.82) is 0 Å². The van der Waals surface area contributed by atoms with Crippen molar-refractivity contribution in [2.75, 3.05) is 11.5 Å². The molecule has 0 heterocycles. The quantitative estimate of drug-likeness (QED) is 0.742. The summed E-state index contributed by atoms with van der Waals surface area (Å²) in [6.45, 7) is 0. The fourth-order valence-electron chi connectivity index (χ4n) is 4.20. The highest BCUT2D eigenvalue weighted by Crippen LogP contribution is 2.39. The average molecular weight is 383 g/mol. The van der Waals surface area contributed by atoms with Crippen LogP contribution in [0.15, 0.2) is 30.3 Å². The summed E-state index contributed by atoms with van der Waals surface area (Å²) in [6, 6.07) is 9.83. The molecule has 2 aliphatic carbocycles. The number of nitrogens with two attached hydrogens (primary N) is 1. The number of thioether (sulfide) groups is 1. The first-order valence-corrected chi connectivity index (χ1v) is 10.00. The van der Waals surface area contributed by atoms with Crippen molar-refractivity contribution in [3.8, 4) is 0 Å². The fourth-order valence-corrected chi connectivity index (χ4v) is 4.92. The molecule has 1 amide bonds. The van der Waals surface area contributed by atoms with Gasteiger partial charge in [-0.1, -0.05) is 36.8 Å². The summed E-state index contributed by atoms with van der Waals surface area (Å²) in [5.41, 5.74) is 6.84. The lowest BCUT2D eigenvalue weighted by atomic mass is 9.67. The van der Waals surface area contributed by atoms with Crippen LogP contribution in [0.3, 0.4) is 0 Å². The number of fused-ring (bicyclic) bond motifs is 2. The molecule has 1 aromatic rings. The molecule has 1 aromatic carbocycles. The number of carbonyl (C=O) groups is 2. The Balaban J connectivity index is 0.00000225. The number of hydrogen-bond donors (Lipinski definition) is 2. The second-order valence-corrected chi connectivity index (χ2v) is 8.04.